The number of nitrogens with zero attached hydrogens (tertiary/aromatic N) is 2. The molecule has 20 heavy (non-hydrogen) atoms. The minimum Gasteiger partial charge on any atom is -0.477 e. The Morgan fingerprint density at radius 2 is 1.75 bits per heavy atom. The van der Waals surface area contributed by atoms with Crippen molar-refractivity contribution in [3.05, 3.63) is 47.0 Å². The topological polar surface area (TPSA) is 77.9 Å². The van der Waals surface area contributed by atoms with Crippen LogP contribution in [0.3, 0.4) is 0 Å². The summed E-state index contributed by atoms with van der Waals surface area (Å²) >= 11 is 0. The van der Waals surface area contributed by atoms with Gasteiger partial charge in [-0.15, -0.1) is 0 Å². The van der Waals surface area contributed by atoms with Crippen LogP contribution in [0.5, 0.6) is 0 Å². The van der Waals surface area contributed by atoms with Gasteiger partial charge in [-0.2, -0.15) is 4.31 Å². The Labute approximate surface area is 119 Å². The van der Waals surface area contributed by atoms with E-state index in [-0.39, 0.29) is 6.54 Å². The number of carboxylic acid groups (broad SMARTS) is 1. The third-order valence-corrected chi connectivity index (χ3v) is 4.31. The molecule has 110 valence electrons. The summed E-state index contributed by atoms with van der Waals surface area (Å²) in [7, 11) is 0.446. The van der Waals surface area contributed by atoms with Gasteiger partial charge in [0.05, 0.1) is 0 Å². The molecule has 0 atom stereocenters. The van der Waals surface area contributed by atoms with Crippen molar-refractivity contribution in [2.24, 2.45) is 0 Å². The SMILES string of the molecule is CN(C)C=C(C(=O)O)S(=O)(=O)N(C)Cc1ccccc1. The molecule has 0 saturated carbocycles. The number of hydrogen-bond acceptors (Lipinski definition) is 4. The lowest BCUT2D eigenvalue weighted by molar-refractivity contribution is -0.131. The van der Waals surface area contributed by atoms with Crippen LogP contribution in [-0.2, 0) is 21.4 Å². The van der Waals surface area contributed by atoms with E-state index >= 15 is 0 Å². The van der Waals surface area contributed by atoms with Gasteiger partial charge >= 0.3 is 5.97 Å². The summed E-state index contributed by atoms with van der Waals surface area (Å²) in [5, 5.41) is 9.07. The molecule has 6 nitrogen and oxygen atoms in total. The van der Waals surface area contributed by atoms with Crippen LogP contribution in [0.2, 0.25) is 0 Å². The van der Waals surface area contributed by atoms with Crippen LogP contribution in [0, 0.1) is 0 Å². The molecule has 0 spiro atoms. The summed E-state index contributed by atoms with van der Waals surface area (Å²) in [6.45, 7) is 0.112. The Hall–Kier alpha value is -1.86. The van der Waals surface area contributed by atoms with Gasteiger partial charge in [-0.3, -0.25) is 0 Å². The zero-order valence-electron chi connectivity index (χ0n) is 11.6. The van der Waals surface area contributed by atoms with E-state index < -0.39 is 20.9 Å². The number of carbonyl (C=O) groups is 1. The third kappa shape index (κ3) is 4.07. The molecule has 0 aliphatic carbocycles. The fraction of sp³-hybridized carbons (Fsp3) is 0.308. The first-order valence-corrected chi connectivity index (χ1v) is 7.31. The van der Waals surface area contributed by atoms with E-state index in [0.717, 1.165) is 16.1 Å². The molecule has 0 heterocycles. The first-order chi connectivity index (χ1) is 9.25. The van der Waals surface area contributed by atoms with E-state index in [2.05, 4.69) is 0 Å². The molecule has 0 aromatic heterocycles. The van der Waals surface area contributed by atoms with Crippen LogP contribution in [0.25, 0.3) is 0 Å². The number of hydrogen-bond donors (Lipinski definition) is 1. The van der Waals surface area contributed by atoms with Crippen molar-refractivity contribution in [3.8, 4) is 0 Å². The second kappa shape index (κ2) is 6.53. The zero-order chi connectivity index (χ0) is 15.3. The number of aliphatic carboxylic acids is 1. The summed E-state index contributed by atoms with van der Waals surface area (Å²) in [5.41, 5.74) is 0.785. The first kappa shape index (κ1) is 16.2. The van der Waals surface area contributed by atoms with Gasteiger partial charge in [0.1, 0.15) is 0 Å². The normalized spacial score (nSPS) is 12.5. The van der Waals surface area contributed by atoms with E-state index in [1.165, 1.54) is 11.9 Å². The predicted octanol–water partition coefficient (Wildman–Crippen LogP) is 0.936. The molecular formula is C13H18N2O4S. The van der Waals surface area contributed by atoms with Crippen molar-refractivity contribution in [2.75, 3.05) is 21.1 Å². The second-order valence-electron chi connectivity index (χ2n) is 4.51. The van der Waals surface area contributed by atoms with Crippen molar-refractivity contribution in [1.29, 1.82) is 0 Å². The standard InChI is InChI=1S/C13H18N2O4S/c1-14(2)10-12(13(16)17)20(18,19)15(3)9-11-7-5-4-6-8-11/h4-8,10H,9H2,1-3H3,(H,16,17). The van der Waals surface area contributed by atoms with E-state index in [0.29, 0.717) is 0 Å². The highest BCUT2D eigenvalue weighted by molar-refractivity contribution is 7.93. The Kier molecular flexibility index (Phi) is 5.29. The van der Waals surface area contributed by atoms with E-state index in [1.807, 2.05) is 6.07 Å². The maximum atomic E-state index is 12.3. The number of benzene rings is 1. The van der Waals surface area contributed by atoms with Gasteiger partial charge in [-0.05, 0) is 5.56 Å². The quantitative estimate of drug-likeness (QED) is 0.791. The maximum absolute atomic E-state index is 12.3. The van der Waals surface area contributed by atoms with Gasteiger partial charge in [0, 0.05) is 33.9 Å². The van der Waals surface area contributed by atoms with Crippen LogP contribution in [0.1, 0.15) is 5.56 Å². The largest absolute Gasteiger partial charge is 0.477 e. The first-order valence-electron chi connectivity index (χ1n) is 5.87. The highest BCUT2D eigenvalue weighted by Gasteiger charge is 2.29. The molecule has 1 N–H and O–H groups in total. The van der Waals surface area contributed by atoms with Crippen LogP contribution in [-0.4, -0.2) is 49.8 Å². The summed E-state index contributed by atoms with van der Waals surface area (Å²) in [4.78, 5) is 11.9. The molecule has 1 rings (SSSR count). The molecule has 0 saturated heterocycles. The molecule has 1 aromatic carbocycles. The van der Waals surface area contributed by atoms with Crippen LogP contribution < -0.4 is 0 Å². The highest BCUT2D eigenvalue weighted by atomic mass is 32.2. The molecule has 0 aliphatic heterocycles. The lowest BCUT2D eigenvalue weighted by atomic mass is 10.2. The summed E-state index contributed by atoms with van der Waals surface area (Å²) in [5.74, 6) is -1.47. The van der Waals surface area contributed by atoms with Gasteiger partial charge in [-0.25, -0.2) is 13.2 Å². The van der Waals surface area contributed by atoms with Crippen LogP contribution in [0.4, 0.5) is 0 Å². The van der Waals surface area contributed by atoms with E-state index in [1.54, 1.807) is 38.4 Å². The Balaban J connectivity index is 3.05. The minimum atomic E-state index is -4.04. The van der Waals surface area contributed by atoms with Crippen molar-refractivity contribution < 1.29 is 18.3 Å². The molecule has 0 radical (unpaired) electrons. The average Bonchev–Trinajstić information content (AvgIpc) is 2.36. The van der Waals surface area contributed by atoms with Crippen molar-refractivity contribution >= 4 is 16.0 Å². The molecular weight excluding hydrogens is 280 g/mol. The van der Waals surface area contributed by atoms with Gasteiger partial charge < -0.3 is 10.0 Å². The van der Waals surface area contributed by atoms with Gasteiger partial charge in [0.25, 0.3) is 10.0 Å². The minimum absolute atomic E-state index is 0.112. The fourth-order valence-corrected chi connectivity index (χ4v) is 2.78. The predicted molar refractivity (Wildman–Crippen MR) is 76.2 cm³/mol. The van der Waals surface area contributed by atoms with E-state index in [4.69, 9.17) is 5.11 Å². The zero-order valence-corrected chi connectivity index (χ0v) is 12.5. The molecule has 0 unspecified atom stereocenters. The molecule has 0 bridgehead atoms. The summed E-state index contributed by atoms with van der Waals surface area (Å²) < 4.78 is 25.5. The maximum Gasteiger partial charge on any atom is 0.350 e. The average molecular weight is 298 g/mol. The molecule has 0 fully saturated rings. The van der Waals surface area contributed by atoms with Crippen molar-refractivity contribution in [1.82, 2.24) is 9.21 Å². The van der Waals surface area contributed by atoms with Crippen LogP contribution >= 0.6 is 0 Å². The number of rotatable bonds is 6. The second-order valence-corrected chi connectivity index (χ2v) is 6.52. The molecule has 1 aromatic rings. The highest BCUT2D eigenvalue weighted by Crippen LogP contribution is 2.15. The van der Waals surface area contributed by atoms with Gasteiger partial charge in [-0.1, -0.05) is 30.3 Å². The Morgan fingerprint density at radius 3 is 2.20 bits per heavy atom. The van der Waals surface area contributed by atoms with Crippen LogP contribution in [0.15, 0.2) is 41.4 Å². The number of carboxylic acids is 1. The van der Waals surface area contributed by atoms with Gasteiger partial charge in [0.2, 0.25) is 0 Å². The third-order valence-electron chi connectivity index (χ3n) is 2.52. The smallest absolute Gasteiger partial charge is 0.350 e. The molecule has 0 aliphatic rings. The summed E-state index contributed by atoms with van der Waals surface area (Å²) in [6.07, 6.45) is 1.08. The van der Waals surface area contributed by atoms with E-state index in [9.17, 15) is 13.2 Å². The fourth-order valence-electron chi connectivity index (χ4n) is 1.56. The molecule has 0 amide bonds. The van der Waals surface area contributed by atoms with Gasteiger partial charge in [0.15, 0.2) is 4.91 Å². The van der Waals surface area contributed by atoms with Crippen molar-refractivity contribution in [3.63, 3.8) is 0 Å². The number of sulfonamides is 1. The Bertz CT molecular complexity index is 594. The monoisotopic (exact) mass is 298 g/mol. The van der Waals surface area contributed by atoms with Crippen molar-refractivity contribution in [2.45, 2.75) is 6.54 Å². The summed E-state index contributed by atoms with van der Waals surface area (Å²) in [6, 6.07) is 8.98. The lowest BCUT2D eigenvalue weighted by Gasteiger charge is -2.18. The lowest BCUT2D eigenvalue weighted by Crippen LogP contribution is -2.31. The Morgan fingerprint density at radius 1 is 1.20 bits per heavy atom. The molecule has 7 heteroatoms.